The van der Waals surface area contributed by atoms with E-state index in [0.717, 1.165) is 17.2 Å². The topological polar surface area (TPSA) is 44.8 Å². The van der Waals surface area contributed by atoms with E-state index in [-0.39, 0.29) is 9.71 Å². The second-order valence-corrected chi connectivity index (χ2v) is 8.76. The summed E-state index contributed by atoms with van der Waals surface area (Å²) in [5.41, 5.74) is 3.70. The minimum atomic E-state index is -0.370. The summed E-state index contributed by atoms with van der Waals surface area (Å²) in [6.45, 7) is 4.30. The number of fused-ring (bicyclic) bond motifs is 1. The summed E-state index contributed by atoms with van der Waals surface area (Å²) in [7, 11) is 3.03. The largest absolute Gasteiger partial charge is 0.496 e. The highest BCUT2D eigenvalue weighted by atomic mass is 79.9. The minimum absolute atomic E-state index is 0.319. The number of rotatable bonds is 5. The summed E-state index contributed by atoms with van der Waals surface area (Å²) < 4.78 is 15.2. The van der Waals surface area contributed by atoms with Crippen LogP contribution in [-0.4, -0.2) is 23.9 Å². The second kappa shape index (κ2) is 8.72. The number of benzene rings is 2. The van der Waals surface area contributed by atoms with E-state index in [0.29, 0.717) is 5.92 Å². The van der Waals surface area contributed by atoms with Crippen molar-refractivity contribution >= 4 is 37.8 Å². The van der Waals surface area contributed by atoms with E-state index in [2.05, 4.69) is 68.6 Å². The third-order valence-electron chi connectivity index (χ3n) is 3.64. The molecule has 1 aromatic rings. The fourth-order valence-electron chi connectivity index (χ4n) is 2.26. The number of hydrogen-bond acceptors (Lipinski definition) is 4. The summed E-state index contributed by atoms with van der Waals surface area (Å²) >= 11 is 5.88. The summed E-state index contributed by atoms with van der Waals surface area (Å²) in [6, 6.07) is 12.2. The lowest BCUT2D eigenvalue weighted by Crippen LogP contribution is -2.07. The van der Waals surface area contributed by atoms with Crippen LogP contribution in [0.1, 0.15) is 25.3 Å². The molecule has 0 heterocycles. The second-order valence-electron chi connectivity index (χ2n) is 5.70. The van der Waals surface area contributed by atoms with Gasteiger partial charge in [-0.1, -0.05) is 51.8 Å². The molecule has 4 nitrogen and oxygen atoms in total. The Hall–Kier alpha value is -1.53. The Bertz CT molecular complexity index is 757. The van der Waals surface area contributed by atoms with Gasteiger partial charge in [-0.05, 0) is 41.8 Å². The van der Waals surface area contributed by atoms with Crippen LogP contribution in [0, 0.1) is 0 Å². The van der Waals surface area contributed by atoms with Crippen molar-refractivity contribution in [3.63, 3.8) is 0 Å². The highest BCUT2D eigenvalue weighted by Crippen LogP contribution is 2.45. The van der Waals surface area contributed by atoms with Crippen molar-refractivity contribution in [2.24, 2.45) is 0 Å². The summed E-state index contributed by atoms with van der Waals surface area (Å²) in [5.74, 6) is 2.83. The Morgan fingerprint density at radius 3 is 2.08 bits per heavy atom. The lowest BCUT2D eigenvalue weighted by molar-refractivity contribution is -0.137. The Kier molecular flexibility index (Phi) is 6.90. The lowest BCUT2D eigenvalue weighted by atomic mass is 10.0. The van der Waals surface area contributed by atoms with E-state index >= 15 is 0 Å². The van der Waals surface area contributed by atoms with E-state index in [4.69, 9.17) is 9.47 Å². The van der Waals surface area contributed by atoms with Crippen LogP contribution in [0.15, 0.2) is 36.4 Å². The van der Waals surface area contributed by atoms with E-state index in [1.165, 1.54) is 23.8 Å². The van der Waals surface area contributed by atoms with Gasteiger partial charge in [-0.3, -0.25) is 0 Å². The van der Waals surface area contributed by atoms with Crippen LogP contribution in [0.5, 0.6) is 17.2 Å². The van der Waals surface area contributed by atoms with Gasteiger partial charge in [-0.15, -0.1) is 0 Å². The average molecular weight is 472 g/mol. The van der Waals surface area contributed by atoms with E-state index in [1.807, 2.05) is 18.2 Å². The molecule has 0 aliphatic heterocycles. The van der Waals surface area contributed by atoms with Crippen LogP contribution in [0.2, 0.25) is 0 Å². The average Bonchev–Trinajstić information content (AvgIpc) is 3.29. The number of ether oxygens (including phenoxy) is 3. The van der Waals surface area contributed by atoms with Gasteiger partial charge in [-0.2, -0.15) is 0 Å². The molecule has 0 radical (unpaired) electrons. The number of carbonyl (C=O) groups excluding carboxylic acids is 1. The fraction of sp³-hybridized carbons (Fsp3) is 0.316. The first kappa shape index (κ1) is 19.8. The zero-order valence-electron chi connectivity index (χ0n) is 14.5. The van der Waals surface area contributed by atoms with Gasteiger partial charge in [-0.25, -0.2) is 4.79 Å². The molecule has 134 valence electrons. The van der Waals surface area contributed by atoms with Crippen molar-refractivity contribution in [1.29, 1.82) is 0 Å². The minimum Gasteiger partial charge on any atom is -0.496 e. The highest BCUT2D eigenvalue weighted by molar-refractivity contribution is 9.25. The zero-order valence-corrected chi connectivity index (χ0v) is 17.7. The van der Waals surface area contributed by atoms with Gasteiger partial charge >= 0.3 is 5.97 Å². The van der Waals surface area contributed by atoms with E-state index in [9.17, 15) is 4.79 Å². The van der Waals surface area contributed by atoms with Gasteiger partial charge < -0.3 is 14.2 Å². The summed E-state index contributed by atoms with van der Waals surface area (Å²) in [4.78, 5) is 10.2. The maximum Gasteiger partial charge on any atom is 0.330 e. The molecule has 0 fully saturated rings. The number of carbonyl (C=O) groups is 1. The van der Waals surface area contributed by atoms with Crippen LogP contribution in [0.3, 0.4) is 0 Å². The van der Waals surface area contributed by atoms with Gasteiger partial charge in [0.2, 0.25) is 0 Å². The van der Waals surface area contributed by atoms with Crippen LogP contribution < -0.4 is 9.47 Å². The number of alkyl halides is 2. The summed E-state index contributed by atoms with van der Waals surface area (Å²) in [6.07, 6.45) is 0. The van der Waals surface area contributed by atoms with Gasteiger partial charge in [0, 0.05) is 11.1 Å². The van der Waals surface area contributed by atoms with E-state index in [1.54, 1.807) is 7.11 Å². The third kappa shape index (κ3) is 5.22. The van der Waals surface area contributed by atoms with Gasteiger partial charge in [0.25, 0.3) is 0 Å². The Labute approximate surface area is 164 Å². The van der Waals surface area contributed by atoms with Crippen molar-refractivity contribution in [3.8, 4) is 28.4 Å². The van der Waals surface area contributed by atoms with Gasteiger partial charge in [0.1, 0.15) is 17.2 Å². The van der Waals surface area contributed by atoms with Crippen molar-refractivity contribution in [3.05, 3.63) is 42.0 Å². The maximum atomic E-state index is 10.2. The zero-order chi connectivity index (χ0) is 18.6. The molecule has 0 aromatic heterocycles. The number of methoxy groups -OCH3 is 2. The van der Waals surface area contributed by atoms with Crippen LogP contribution in [0.25, 0.3) is 11.1 Å². The smallest absolute Gasteiger partial charge is 0.330 e. The first-order valence-corrected chi connectivity index (χ1v) is 9.56. The lowest BCUT2D eigenvalue weighted by Gasteiger charge is -2.13. The van der Waals surface area contributed by atoms with Crippen molar-refractivity contribution < 1.29 is 19.0 Å². The molecule has 0 saturated carbocycles. The molecule has 1 aromatic carbocycles. The number of halogens is 2. The van der Waals surface area contributed by atoms with Crippen LogP contribution in [-0.2, 0) is 9.53 Å². The molecule has 2 aliphatic rings. The van der Waals surface area contributed by atoms with Crippen molar-refractivity contribution in [2.75, 3.05) is 14.2 Å². The standard InChI is InChI=1S/C16H16O2.C3H4Br2O2/c1-10(2)13-9-12(5-7-15(13)17-3)18-16-6-4-11-8-14(11)16;1-7-3(6)2(4)5/h4-10H,1-3H3;2H,1H3. The van der Waals surface area contributed by atoms with Crippen molar-refractivity contribution in [1.82, 2.24) is 0 Å². The molecule has 0 saturated heterocycles. The molecule has 3 rings (SSSR count). The Morgan fingerprint density at radius 1 is 1.00 bits per heavy atom. The predicted molar refractivity (Wildman–Crippen MR) is 106 cm³/mol. The third-order valence-corrected chi connectivity index (χ3v) is 4.39. The Balaban J connectivity index is 0.000000277. The molecule has 25 heavy (non-hydrogen) atoms. The monoisotopic (exact) mass is 470 g/mol. The SMILES string of the molecule is COC(=O)C(Br)Br.COc1ccc(Oc2ccc3cc2-3)cc1C(C)C. The Morgan fingerprint density at radius 2 is 1.68 bits per heavy atom. The molecule has 0 amide bonds. The maximum absolute atomic E-state index is 10.2. The number of esters is 1. The number of hydrogen-bond donors (Lipinski definition) is 0. The molecule has 0 unspecified atom stereocenters. The highest BCUT2D eigenvalue weighted by Gasteiger charge is 2.19. The predicted octanol–water partition coefficient (Wildman–Crippen LogP) is 5.87. The molecule has 2 aliphatic carbocycles. The molecule has 0 atom stereocenters. The quantitative estimate of drug-likeness (QED) is 0.345. The molecule has 0 N–H and O–H groups in total. The van der Waals surface area contributed by atoms with E-state index < -0.39 is 0 Å². The van der Waals surface area contributed by atoms with Gasteiger partial charge in [0.15, 0.2) is 3.74 Å². The molecule has 0 spiro atoms. The molecular formula is C19H20Br2O4. The molecule has 0 bridgehead atoms. The fourth-order valence-corrected chi connectivity index (χ4v) is 2.63. The summed E-state index contributed by atoms with van der Waals surface area (Å²) in [5, 5.41) is 0. The van der Waals surface area contributed by atoms with Crippen LogP contribution >= 0.6 is 31.9 Å². The van der Waals surface area contributed by atoms with Gasteiger partial charge in [0.05, 0.1) is 14.2 Å². The van der Waals surface area contributed by atoms with Crippen molar-refractivity contribution in [2.45, 2.75) is 23.5 Å². The molecule has 6 heteroatoms. The normalized spacial score (nSPS) is 10.9. The first-order chi connectivity index (χ1) is 11.9. The first-order valence-electron chi connectivity index (χ1n) is 7.73. The molecular weight excluding hydrogens is 452 g/mol. The van der Waals surface area contributed by atoms with Crippen LogP contribution in [0.4, 0.5) is 0 Å².